The summed E-state index contributed by atoms with van der Waals surface area (Å²) in [4.78, 5) is 13.8. The normalized spacial score (nSPS) is 19.2. The van der Waals surface area contributed by atoms with E-state index >= 15 is 0 Å². The zero-order valence-electron chi connectivity index (χ0n) is 19.6. The van der Waals surface area contributed by atoms with E-state index in [0.29, 0.717) is 18.8 Å². The molecule has 4 heteroatoms. The average Bonchev–Trinajstić information content (AvgIpc) is 2.89. The monoisotopic (exact) mass is 461 g/mol. The minimum absolute atomic E-state index is 0.103. The summed E-state index contributed by atoms with van der Waals surface area (Å²) < 4.78 is 5.65. The first kappa shape index (κ1) is 21.5. The molecule has 35 heavy (non-hydrogen) atoms. The highest BCUT2D eigenvalue weighted by Crippen LogP contribution is 2.51. The van der Waals surface area contributed by atoms with Gasteiger partial charge >= 0.3 is 0 Å². The number of nitrogens with one attached hydrogen (secondary N) is 1. The van der Waals surface area contributed by atoms with E-state index in [1.54, 1.807) is 6.07 Å². The summed E-state index contributed by atoms with van der Waals surface area (Å²) in [6.07, 6.45) is 1.29. The van der Waals surface area contributed by atoms with Crippen molar-refractivity contribution in [3.8, 4) is 11.5 Å². The summed E-state index contributed by atoms with van der Waals surface area (Å²) in [6.45, 7) is 2.34. The number of ether oxygens (including phenoxy) is 1. The molecule has 0 amide bonds. The number of hydrogen-bond donors (Lipinski definition) is 2. The first-order valence-electron chi connectivity index (χ1n) is 12.2. The molecule has 1 aliphatic carbocycles. The van der Waals surface area contributed by atoms with Gasteiger partial charge in [-0.05, 0) is 64.9 Å². The van der Waals surface area contributed by atoms with E-state index in [1.165, 1.54) is 5.56 Å². The lowest BCUT2D eigenvalue weighted by atomic mass is 9.71. The number of aromatic hydroxyl groups is 1. The molecule has 2 aliphatic rings. The molecular weight excluding hydrogens is 434 g/mol. The number of rotatable bonds is 4. The fraction of sp³-hybridized carbons (Fsp3) is 0.194. The number of anilines is 1. The number of carbonyl (C=O) groups is 1. The minimum atomic E-state index is -0.303. The van der Waals surface area contributed by atoms with Gasteiger partial charge in [0.25, 0.3) is 0 Å². The molecule has 4 aromatic carbocycles. The van der Waals surface area contributed by atoms with Gasteiger partial charge in [-0.25, -0.2) is 0 Å². The summed E-state index contributed by atoms with van der Waals surface area (Å²) in [5.74, 6) is 0.851. The second-order valence-electron chi connectivity index (χ2n) is 9.28. The second-order valence-corrected chi connectivity index (χ2v) is 9.28. The van der Waals surface area contributed by atoms with Crippen molar-refractivity contribution in [2.45, 2.75) is 31.7 Å². The molecule has 2 atom stereocenters. The molecule has 0 fully saturated rings. The molecule has 1 heterocycles. The van der Waals surface area contributed by atoms with Crippen LogP contribution < -0.4 is 10.1 Å². The van der Waals surface area contributed by atoms with Crippen LogP contribution in [0, 0.1) is 0 Å². The fourth-order valence-electron chi connectivity index (χ4n) is 5.64. The first-order chi connectivity index (χ1) is 17.1. The Morgan fingerprint density at radius 2 is 1.71 bits per heavy atom. The Balaban J connectivity index is 1.56. The van der Waals surface area contributed by atoms with Crippen molar-refractivity contribution in [3.63, 3.8) is 0 Å². The molecule has 6 rings (SSSR count). The Morgan fingerprint density at radius 3 is 2.54 bits per heavy atom. The van der Waals surface area contributed by atoms with Crippen LogP contribution in [0.2, 0.25) is 0 Å². The van der Waals surface area contributed by atoms with Crippen molar-refractivity contribution in [1.29, 1.82) is 0 Å². The molecule has 4 nitrogen and oxygen atoms in total. The molecule has 0 radical (unpaired) electrons. The molecule has 2 N–H and O–H groups in total. The number of ketones is 1. The number of phenols is 1. The quantitative estimate of drug-likeness (QED) is 0.343. The van der Waals surface area contributed by atoms with Gasteiger partial charge in [0.2, 0.25) is 0 Å². The topological polar surface area (TPSA) is 58.6 Å². The van der Waals surface area contributed by atoms with Gasteiger partial charge in [0.1, 0.15) is 0 Å². The lowest BCUT2D eigenvalue weighted by Crippen LogP contribution is -2.29. The number of fused-ring (bicyclic) bond motifs is 4. The Hall–Kier alpha value is -4.05. The van der Waals surface area contributed by atoms with Crippen LogP contribution >= 0.6 is 0 Å². The maximum absolute atomic E-state index is 13.8. The number of carbonyl (C=O) groups excluding carboxylic acids is 1. The smallest absolute Gasteiger partial charge is 0.162 e. The van der Waals surface area contributed by atoms with Crippen molar-refractivity contribution in [1.82, 2.24) is 0 Å². The number of Topliss-reactive ketones (excluding diaryl/α,β-unsaturated/α-hetero) is 1. The van der Waals surface area contributed by atoms with E-state index < -0.39 is 0 Å². The van der Waals surface area contributed by atoms with Gasteiger partial charge in [-0.3, -0.25) is 4.79 Å². The van der Waals surface area contributed by atoms with E-state index in [0.717, 1.165) is 45.2 Å². The van der Waals surface area contributed by atoms with Crippen LogP contribution in [0.15, 0.2) is 90.5 Å². The summed E-state index contributed by atoms with van der Waals surface area (Å²) in [5.41, 5.74) is 6.22. The molecule has 4 aromatic rings. The van der Waals surface area contributed by atoms with Crippen LogP contribution in [-0.4, -0.2) is 17.5 Å². The Kier molecular flexibility index (Phi) is 5.29. The highest BCUT2D eigenvalue weighted by Gasteiger charge is 2.38. The van der Waals surface area contributed by atoms with E-state index in [9.17, 15) is 9.90 Å². The van der Waals surface area contributed by atoms with Crippen molar-refractivity contribution < 1.29 is 14.6 Å². The predicted molar refractivity (Wildman–Crippen MR) is 140 cm³/mol. The third-order valence-corrected chi connectivity index (χ3v) is 7.22. The lowest BCUT2D eigenvalue weighted by molar-refractivity contribution is -0.116. The molecular formula is C31H27NO3. The largest absolute Gasteiger partial charge is 0.504 e. The van der Waals surface area contributed by atoms with Crippen molar-refractivity contribution >= 4 is 27.8 Å². The van der Waals surface area contributed by atoms with Gasteiger partial charge in [-0.15, -0.1) is 0 Å². The van der Waals surface area contributed by atoms with Crippen LogP contribution in [-0.2, 0) is 4.79 Å². The maximum atomic E-state index is 13.8. The van der Waals surface area contributed by atoms with Crippen molar-refractivity contribution in [2.75, 3.05) is 11.9 Å². The SMILES string of the molecule is CCOc1cc([C@H]2Nc3ccc4ccccc4c3C3=C2C(=O)C[C@H](c2ccccc2)C3)ccc1O. The summed E-state index contributed by atoms with van der Waals surface area (Å²) in [6, 6.07) is 28.1. The van der Waals surface area contributed by atoms with E-state index in [4.69, 9.17) is 4.74 Å². The van der Waals surface area contributed by atoms with Gasteiger partial charge in [0, 0.05) is 23.2 Å². The van der Waals surface area contributed by atoms with Crippen LogP contribution in [0.1, 0.15) is 48.4 Å². The number of hydrogen-bond acceptors (Lipinski definition) is 4. The Labute approximate surface area is 204 Å². The molecule has 0 saturated carbocycles. The third-order valence-electron chi connectivity index (χ3n) is 7.22. The summed E-state index contributed by atoms with van der Waals surface area (Å²) in [7, 11) is 0. The summed E-state index contributed by atoms with van der Waals surface area (Å²) in [5, 5.41) is 16.2. The molecule has 0 spiro atoms. The van der Waals surface area contributed by atoms with Crippen LogP contribution in [0.4, 0.5) is 5.69 Å². The standard InChI is InChI=1S/C31H27NO3/c1-2-35-28-18-21(13-15-26(28)33)31-30-24(16-22(17-27(30)34)19-8-4-3-5-9-19)29-23-11-7-6-10-20(23)12-14-25(29)32-31/h3-15,18,22,31-33H,2,16-17H2,1H3/t22-,31-/m1/s1. The molecule has 0 unspecified atom stereocenters. The minimum Gasteiger partial charge on any atom is -0.504 e. The highest BCUT2D eigenvalue weighted by molar-refractivity contribution is 6.13. The molecule has 0 bridgehead atoms. The number of benzene rings is 4. The van der Waals surface area contributed by atoms with E-state index in [-0.39, 0.29) is 23.5 Å². The van der Waals surface area contributed by atoms with Crippen LogP contribution in [0.3, 0.4) is 0 Å². The average molecular weight is 462 g/mol. The molecule has 0 saturated heterocycles. The summed E-state index contributed by atoms with van der Waals surface area (Å²) >= 11 is 0. The van der Waals surface area contributed by atoms with Crippen LogP contribution in [0.25, 0.3) is 16.3 Å². The van der Waals surface area contributed by atoms with Gasteiger partial charge in [0.05, 0.1) is 12.6 Å². The zero-order valence-corrected chi connectivity index (χ0v) is 19.6. The number of phenolic OH excluding ortho intramolecular Hbond substituents is 1. The van der Waals surface area contributed by atoms with E-state index in [1.807, 2.05) is 43.3 Å². The predicted octanol–water partition coefficient (Wildman–Crippen LogP) is 7.01. The fourth-order valence-corrected chi connectivity index (χ4v) is 5.64. The van der Waals surface area contributed by atoms with Gasteiger partial charge in [-0.1, -0.05) is 66.7 Å². The number of allylic oxidation sites excluding steroid dienone is 1. The van der Waals surface area contributed by atoms with Gasteiger partial charge in [-0.2, -0.15) is 0 Å². The lowest BCUT2D eigenvalue weighted by Gasteiger charge is -2.37. The first-order valence-corrected chi connectivity index (χ1v) is 12.2. The van der Waals surface area contributed by atoms with Crippen molar-refractivity contribution in [3.05, 3.63) is 107 Å². The maximum Gasteiger partial charge on any atom is 0.162 e. The molecule has 174 valence electrons. The molecule has 1 aliphatic heterocycles. The van der Waals surface area contributed by atoms with Gasteiger partial charge in [0.15, 0.2) is 17.3 Å². The van der Waals surface area contributed by atoms with Crippen molar-refractivity contribution in [2.24, 2.45) is 0 Å². The third kappa shape index (κ3) is 3.66. The molecule has 0 aromatic heterocycles. The van der Waals surface area contributed by atoms with Crippen LogP contribution in [0.5, 0.6) is 11.5 Å². The zero-order chi connectivity index (χ0) is 23.9. The second kappa shape index (κ2) is 8.62. The van der Waals surface area contributed by atoms with Gasteiger partial charge < -0.3 is 15.2 Å². The highest BCUT2D eigenvalue weighted by atomic mass is 16.5. The Bertz CT molecular complexity index is 1470. The Morgan fingerprint density at radius 1 is 0.914 bits per heavy atom. The van der Waals surface area contributed by atoms with E-state index in [2.05, 4.69) is 47.8 Å².